The molecule has 1 radical (unpaired) electrons. The number of esters is 1. The van der Waals surface area contributed by atoms with Crippen LogP contribution < -0.4 is 0 Å². The standard InChI is InChI=1S/C7H9O2/c8-7-5-2-1-3-6(4-5)9-7/h5H,1-4H2. The molecule has 1 atom stereocenters. The zero-order valence-electron chi connectivity index (χ0n) is 5.22. The van der Waals surface area contributed by atoms with Crippen molar-refractivity contribution in [2.24, 2.45) is 5.92 Å². The summed E-state index contributed by atoms with van der Waals surface area (Å²) in [5, 5.41) is 0. The minimum absolute atomic E-state index is 0.0162. The molecule has 9 heavy (non-hydrogen) atoms. The first kappa shape index (κ1) is 5.27. The molecule has 1 unspecified atom stereocenters. The van der Waals surface area contributed by atoms with Crippen molar-refractivity contribution in [1.29, 1.82) is 0 Å². The first-order chi connectivity index (χ1) is 4.36. The first-order valence-electron chi connectivity index (χ1n) is 3.42. The van der Waals surface area contributed by atoms with Crippen molar-refractivity contribution in [2.75, 3.05) is 0 Å². The zero-order chi connectivity index (χ0) is 6.27. The molecule has 2 bridgehead atoms. The highest BCUT2D eigenvalue weighted by atomic mass is 16.6. The molecule has 2 rings (SSSR count). The third kappa shape index (κ3) is 0.732. The molecule has 2 nitrogen and oxygen atoms in total. The van der Waals surface area contributed by atoms with Crippen LogP contribution in [0.4, 0.5) is 0 Å². The van der Waals surface area contributed by atoms with E-state index in [0.29, 0.717) is 0 Å². The van der Waals surface area contributed by atoms with Gasteiger partial charge in [0.1, 0.15) is 0 Å². The molecule has 1 saturated carbocycles. The second-order valence-corrected chi connectivity index (χ2v) is 2.75. The fourth-order valence-corrected chi connectivity index (χ4v) is 1.54. The Kier molecular flexibility index (Phi) is 1.01. The van der Waals surface area contributed by atoms with E-state index in [1.165, 1.54) is 0 Å². The monoisotopic (exact) mass is 125 g/mol. The third-order valence-electron chi connectivity index (χ3n) is 2.06. The summed E-state index contributed by atoms with van der Waals surface area (Å²) < 4.78 is 4.96. The summed E-state index contributed by atoms with van der Waals surface area (Å²) >= 11 is 0. The molecule has 2 heteroatoms. The Morgan fingerprint density at radius 1 is 1.56 bits per heavy atom. The van der Waals surface area contributed by atoms with Crippen LogP contribution in [0.1, 0.15) is 25.7 Å². The number of rotatable bonds is 0. The largest absolute Gasteiger partial charge is 0.455 e. The van der Waals surface area contributed by atoms with Gasteiger partial charge in [0.2, 0.25) is 0 Å². The van der Waals surface area contributed by atoms with Gasteiger partial charge < -0.3 is 4.74 Å². The summed E-state index contributed by atoms with van der Waals surface area (Å²) in [5.41, 5.74) is 0. The Morgan fingerprint density at radius 3 is 3.11 bits per heavy atom. The van der Waals surface area contributed by atoms with Gasteiger partial charge in [-0.2, -0.15) is 0 Å². The SMILES string of the molecule is O=C1O[C]2CCCC1C2. The Hall–Kier alpha value is -0.530. The molecule has 0 N–H and O–H groups in total. The Labute approximate surface area is 54.2 Å². The average molecular weight is 125 g/mol. The molecule has 0 aromatic carbocycles. The number of hydrogen-bond acceptors (Lipinski definition) is 2. The van der Waals surface area contributed by atoms with Crippen LogP contribution in [-0.2, 0) is 9.53 Å². The number of hydrogen-bond donors (Lipinski definition) is 0. The van der Waals surface area contributed by atoms with Crippen LogP contribution in [0, 0.1) is 12.0 Å². The molecule has 0 spiro atoms. The molecule has 1 heterocycles. The Bertz CT molecular complexity index is 142. The molecular formula is C7H9O2. The van der Waals surface area contributed by atoms with E-state index in [1.807, 2.05) is 0 Å². The van der Waals surface area contributed by atoms with Crippen LogP contribution in [-0.4, -0.2) is 5.97 Å². The van der Waals surface area contributed by atoms with Crippen molar-refractivity contribution in [1.82, 2.24) is 0 Å². The van der Waals surface area contributed by atoms with E-state index in [2.05, 4.69) is 0 Å². The number of fused-ring (bicyclic) bond motifs is 2. The van der Waals surface area contributed by atoms with E-state index in [-0.39, 0.29) is 11.9 Å². The maximum atomic E-state index is 10.8. The minimum Gasteiger partial charge on any atom is -0.455 e. The summed E-state index contributed by atoms with van der Waals surface area (Å²) in [5.74, 6) is 0.247. The maximum absolute atomic E-state index is 10.8. The molecule has 2 aliphatic rings. The van der Waals surface area contributed by atoms with Crippen molar-refractivity contribution >= 4 is 5.97 Å². The van der Waals surface area contributed by atoms with Crippen LogP contribution in [0.5, 0.6) is 0 Å². The molecule has 0 aromatic heterocycles. The maximum Gasteiger partial charge on any atom is 0.309 e. The summed E-state index contributed by atoms with van der Waals surface area (Å²) in [6, 6.07) is 0. The Balaban J connectivity index is 2.15. The number of carbonyl (C=O) groups excluding carboxylic acids is 1. The lowest BCUT2D eigenvalue weighted by Gasteiger charge is -2.10. The van der Waals surface area contributed by atoms with Crippen molar-refractivity contribution in [3.05, 3.63) is 6.10 Å². The van der Waals surface area contributed by atoms with Gasteiger partial charge in [-0.05, 0) is 19.3 Å². The van der Waals surface area contributed by atoms with Crippen molar-refractivity contribution < 1.29 is 9.53 Å². The normalized spacial score (nSPS) is 34.7. The van der Waals surface area contributed by atoms with Gasteiger partial charge in [0.15, 0.2) is 6.10 Å². The van der Waals surface area contributed by atoms with Gasteiger partial charge in [0.05, 0.1) is 5.92 Å². The fourth-order valence-electron chi connectivity index (χ4n) is 1.54. The molecule has 0 amide bonds. The lowest BCUT2D eigenvalue weighted by molar-refractivity contribution is -0.140. The van der Waals surface area contributed by atoms with E-state index >= 15 is 0 Å². The van der Waals surface area contributed by atoms with Gasteiger partial charge in [-0.3, -0.25) is 4.79 Å². The van der Waals surface area contributed by atoms with Crippen molar-refractivity contribution in [3.8, 4) is 0 Å². The van der Waals surface area contributed by atoms with Crippen LogP contribution >= 0.6 is 0 Å². The summed E-state index contributed by atoms with van der Waals surface area (Å²) in [7, 11) is 0. The quantitative estimate of drug-likeness (QED) is 0.455. The highest BCUT2D eigenvalue weighted by Gasteiger charge is 2.38. The van der Waals surface area contributed by atoms with E-state index in [0.717, 1.165) is 31.8 Å². The lowest BCUT2D eigenvalue weighted by Crippen LogP contribution is -2.07. The van der Waals surface area contributed by atoms with Crippen LogP contribution in [0.25, 0.3) is 0 Å². The first-order valence-corrected chi connectivity index (χ1v) is 3.42. The molecule has 1 saturated heterocycles. The lowest BCUT2D eigenvalue weighted by atomic mass is 9.90. The molecule has 1 aliphatic heterocycles. The predicted molar refractivity (Wildman–Crippen MR) is 31.3 cm³/mol. The van der Waals surface area contributed by atoms with Crippen LogP contribution in [0.3, 0.4) is 0 Å². The van der Waals surface area contributed by atoms with E-state index in [1.54, 1.807) is 0 Å². The van der Waals surface area contributed by atoms with Gasteiger partial charge >= 0.3 is 5.97 Å². The molecule has 2 fully saturated rings. The molecule has 49 valence electrons. The third-order valence-corrected chi connectivity index (χ3v) is 2.06. The summed E-state index contributed by atoms with van der Waals surface area (Å²) in [6.45, 7) is 0. The average Bonchev–Trinajstić information content (AvgIpc) is 2.09. The van der Waals surface area contributed by atoms with E-state index in [4.69, 9.17) is 4.74 Å². The topological polar surface area (TPSA) is 26.3 Å². The number of carbonyl (C=O) groups is 1. The predicted octanol–water partition coefficient (Wildman–Crippen LogP) is 1.27. The number of ether oxygens (including phenoxy) is 1. The highest BCUT2D eigenvalue weighted by Crippen LogP contribution is 2.38. The minimum atomic E-state index is 0.0162. The van der Waals surface area contributed by atoms with E-state index in [9.17, 15) is 4.79 Å². The summed E-state index contributed by atoms with van der Waals surface area (Å²) in [6.07, 6.45) is 5.14. The second kappa shape index (κ2) is 1.72. The molecule has 0 aromatic rings. The molecular weight excluding hydrogens is 116 g/mol. The van der Waals surface area contributed by atoms with Gasteiger partial charge in [-0.1, -0.05) is 0 Å². The second-order valence-electron chi connectivity index (χ2n) is 2.75. The molecule has 1 aliphatic carbocycles. The zero-order valence-corrected chi connectivity index (χ0v) is 5.22. The Morgan fingerprint density at radius 2 is 2.44 bits per heavy atom. The van der Waals surface area contributed by atoms with Crippen molar-refractivity contribution in [2.45, 2.75) is 25.7 Å². The highest BCUT2D eigenvalue weighted by molar-refractivity contribution is 5.76. The smallest absolute Gasteiger partial charge is 0.309 e. The summed E-state index contributed by atoms with van der Waals surface area (Å²) in [4.78, 5) is 10.8. The van der Waals surface area contributed by atoms with Crippen LogP contribution in [0.2, 0.25) is 0 Å². The van der Waals surface area contributed by atoms with Gasteiger partial charge in [0.25, 0.3) is 0 Å². The van der Waals surface area contributed by atoms with Gasteiger partial charge in [0, 0.05) is 6.42 Å². The van der Waals surface area contributed by atoms with Gasteiger partial charge in [-0.15, -0.1) is 0 Å². The van der Waals surface area contributed by atoms with Crippen molar-refractivity contribution in [3.63, 3.8) is 0 Å². The van der Waals surface area contributed by atoms with E-state index < -0.39 is 0 Å². The fraction of sp³-hybridized carbons (Fsp3) is 0.714. The van der Waals surface area contributed by atoms with Crippen LogP contribution in [0.15, 0.2) is 0 Å². The van der Waals surface area contributed by atoms with Gasteiger partial charge in [-0.25, -0.2) is 0 Å².